The van der Waals surface area contributed by atoms with Crippen LogP contribution >= 0.6 is 0 Å². The molecule has 0 saturated heterocycles. The van der Waals surface area contributed by atoms with Crippen LogP contribution in [0.1, 0.15) is 31.4 Å². The second-order valence-corrected chi connectivity index (χ2v) is 6.04. The smallest absolute Gasteiger partial charge is 0.0233 e. The van der Waals surface area contributed by atoms with Gasteiger partial charge >= 0.3 is 0 Å². The molecule has 1 aromatic rings. The minimum atomic E-state index is 0.943. The molecular formula is C17H28N2. The zero-order valence-electron chi connectivity index (χ0n) is 12.7. The molecule has 2 atom stereocenters. The van der Waals surface area contributed by atoms with Gasteiger partial charge in [0, 0.05) is 13.1 Å². The summed E-state index contributed by atoms with van der Waals surface area (Å²) in [7, 11) is 2.26. The maximum atomic E-state index is 3.41. The van der Waals surface area contributed by atoms with Gasteiger partial charge in [-0.25, -0.2) is 0 Å². The van der Waals surface area contributed by atoms with Crippen molar-refractivity contribution in [2.24, 2.45) is 11.8 Å². The first-order valence-electron chi connectivity index (χ1n) is 7.66. The number of nitrogens with one attached hydrogen (secondary N) is 1. The molecule has 2 rings (SSSR count). The lowest BCUT2D eigenvalue weighted by molar-refractivity contribution is 0.306. The fourth-order valence-electron chi connectivity index (χ4n) is 2.76. The van der Waals surface area contributed by atoms with Crippen molar-refractivity contribution in [2.45, 2.75) is 33.2 Å². The van der Waals surface area contributed by atoms with Gasteiger partial charge < -0.3 is 10.2 Å². The molecule has 2 heteroatoms. The van der Waals surface area contributed by atoms with Crippen molar-refractivity contribution < 1.29 is 0 Å². The topological polar surface area (TPSA) is 15.3 Å². The van der Waals surface area contributed by atoms with Crippen molar-refractivity contribution in [2.75, 3.05) is 26.7 Å². The summed E-state index contributed by atoms with van der Waals surface area (Å²) < 4.78 is 0. The zero-order chi connectivity index (χ0) is 13.7. The summed E-state index contributed by atoms with van der Waals surface area (Å²) in [5.41, 5.74) is 3.00. The van der Waals surface area contributed by atoms with Gasteiger partial charge in [0.25, 0.3) is 0 Å². The summed E-state index contributed by atoms with van der Waals surface area (Å²) >= 11 is 0. The summed E-state index contributed by atoms with van der Waals surface area (Å²) in [5, 5.41) is 3.41. The van der Waals surface area contributed by atoms with E-state index in [1.165, 1.54) is 24.1 Å². The molecule has 0 spiro atoms. The molecule has 0 bridgehead atoms. The van der Waals surface area contributed by atoms with Gasteiger partial charge in [0.05, 0.1) is 0 Å². The highest BCUT2D eigenvalue weighted by Gasteiger charge is 2.33. The lowest BCUT2D eigenvalue weighted by atomic mass is 10.0. The van der Waals surface area contributed by atoms with E-state index in [1.807, 2.05) is 0 Å². The predicted molar refractivity (Wildman–Crippen MR) is 82.3 cm³/mol. The molecule has 1 saturated carbocycles. The molecule has 1 fully saturated rings. The Morgan fingerprint density at radius 2 is 1.95 bits per heavy atom. The van der Waals surface area contributed by atoms with Gasteiger partial charge in [0.2, 0.25) is 0 Å². The SMILES string of the molecule is CCNCCc1ccccc1CN(C)CC1CC1C. The van der Waals surface area contributed by atoms with Crippen LogP contribution in [0.5, 0.6) is 0 Å². The first-order chi connectivity index (χ1) is 9.20. The third-order valence-electron chi connectivity index (χ3n) is 4.20. The van der Waals surface area contributed by atoms with E-state index in [0.717, 1.165) is 37.9 Å². The molecule has 19 heavy (non-hydrogen) atoms. The summed E-state index contributed by atoms with van der Waals surface area (Å²) in [6.45, 7) is 9.01. The third-order valence-corrected chi connectivity index (χ3v) is 4.20. The van der Waals surface area contributed by atoms with Crippen molar-refractivity contribution >= 4 is 0 Å². The van der Waals surface area contributed by atoms with Crippen molar-refractivity contribution in [3.05, 3.63) is 35.4 Å². The van der Waals surface area contributed by atoms with Crippen LogP contribution in [0.15, 0.2) is 24.3 Å². The highest BCUT2D eigenvalue weighted by atomic mass is 15.1. The molecule has 0 heterocycles. The van der Waals surface area contributed by atoms with Crippen molar-refractivity contribution in [1.29, 1.82) is 0 Å². The van der Waals surface area contributed by atoms with Crippen molar-refractivity contribution in [3.63, 3.8) is 0 Å². The Morgan fingerprint density at radius 1 is 1.26 bits per heavy atom. The van der Waals surface area contributed by atoms with E-state index in [1.54, 1.807) is 0 Å². The zero-order valence-corrected chi connectivity index (χ0v) is 12.7. The quantitative estimate of drug-likeness (QED) is 0.723. The van der Waals surface area contributed by atoms with E-state index in [2.05, 4.69) is 55.4 Å². The van der Waals surface area contributed by atoms with Crippen LogP contribution in [0.4, 0.5) is 0 Å². The second-order valence-electron chi connectivity index (χ2n) is 6.04. The van der Waals surface area contributed by atoms with Gasteiger partial charge in [-0.2, -0.15) is 0 Å². The third kappa shape index (κ3) is 4.63. The van der Waals surface area contributed by atoms with Crippen LogP contribution in [0.2, 0.25) is 0 Å². The number of rotatable bonds is 8. The van der Waals surface area contributed by atoms with Crippen molar-refractivity contribution in [1.82, 2.24) is 10.2 Å². The van der Waals surface area contributed by atoms with Gasteiger partial charge in [-0.3, -0.25) is 0 Å². The minimum absolute atomic E-state index is 0.943. The van der Waals surface area contributed by atoms with Crippen LogP contribution in [0.3, 0.4) is 0 Å². The largest absolute Gasteiger partial charge is 0.317 e. The number of likely N-dealkylation sites (N-methyl/N-ethyl adjacent to an activating group) is 1. The number of hydrogen-bond donors (Lipinski definition) is 1. The van der Waals surface area contributed by atoms with Crippen LogP contribution in [0, 0.1) is 11.8 Å². The maximum absolute atomic E-state index is 3.41. The molecule has 2 unspecified atom stereocenters. The average molecular weight is 260 g/mol. The molecule has 0 aliphatic heterocycles. The Morgan fingerprint density at radius 3 is 2.58 bits per heavy atom. The Balaban J connectivity index is 1.87. The van der Waals surface area contributed by atoms with Crippen LogP contribution < -0.4 is 5.32 Å². The van der Waals surface area contributed by atoms with E-state index in [4.69, 9.17) is 0 Å². The minimum Gasteiger partial charge on any atom is -0.317 e. The second kappa shape index (κ2) is 7.06. The normalized spacial score (nSPS) is 21.9. The fourth-order valence-corrected chi connectivity index (χ4v) is 2.76. The molecule has 106 valence electrons. The average Bonchev–Trinajstić information content (AvgIpc) is 3.07. The first kappa shape index (κ1) is 14.5. The number of benzene rings is 1. The molecule has 0 aromatic heterocycles. The van der Waals surface area contributed by atoms with Crippen LogP contribution in [-0.2, 0) is 13.0 Å². The Bertz CT molecular complexity index is 389. The lowest BCUT2D eigenvalue weighted by Crippen LogP contribution is -2.22. The molecule has 2 nitrogen and oxygen atoms in total. The maximum Gasteiger partial charge on any atom is 0.0233 e. The van der Waals surface area contributed by atoms with Gasteiger partial charge in [0.15, 0.2) is 0 Å². The summed E-state index contributed by atoms with van der Waals surface area (Å²) in [5.74, 6) is 1.89. The van der Waals surface area contributed by atoms with Gasteiger partial charge in [-0.15, -0.1) is 0 Å². The number of hydrogen-bond acceptors (Lipinski definition) is 2. The highest BCUT2D eigenvalue weighted by Crippen LogP contribution is 2.38. The van der Waals surface area contributed by atoms with Gasteiger partial charge in [-0.1, -0.05) is 38.1 Å². The Hall–Kier alpha value is -0.860. The van der Waals surface area contributed by atoms with Crippen molar-refractivity contribution in [3.8, 4) is 0 Å². The monoisotopic (exact) mass is 260 g/mol. The molecule has 0 radical (unpaired) electrons. The molecule has 1 aromatic carbocycles. The summed E-state index contributed by atoms with van der Waals surface area (Å²) in [4.78, 5) is 2.49. The fraction of sp³-hybridized carbons (Fsp3) is 0.647. The first-order valence-corrected chi connectivity index (χ1v) is 7.66. The van der Waals surface area contributed by atoms with Crippen LogP contribution in [-0.4, -0.2) is 31.6 Å². The van der Waals surface area contributed by atoms with E-state index >= 15 is 0 Å². The van der Waals surface area contributed by atoms with E-state index < -0.39 is 0 Å². The van der Waals surface area contributed by atoms with Crippen LogP contribution in [0.25, 0.3) is 0 Å². The van der Waals surface area contributed by atoms with E-state index in [9.17, 15) is 0 Å². The summed E-state index contributed by atoms with van der Waals surface area (Å²) in [6.07, 6.45) is 2.56. The van der Waals surface area contributed by atoms with Gasteiger partial charge in [-0.05, 0) is 55.9 Å². The molecule has 0 amide bonds. The predicted octanol–water partition coefficient (Wildman–Crippen LogP) is 2.93. The lowest BCUT2D eigenvalue weighted by Gasteiger charge is -2.19. The standard InChI is InChI=1S/C17H28N2/c1-4-18-10-9-15-7-5-6-8-16(15)12-19(3)13-17-11-14(17)2/h5-8,14,17-18H,4,9-13H2,1-3H3. The van der Waals surface area contributed by atoms with E-state index in [0.29, 0.717) is 0 Å². The number of nitrogens with zero attached hydrogens (tertiary/aromatic N) is 1. The molecule has 1 aliphatic carbocycles. The molecule has 1 aliphatic rings. The molecule has 1 N–H and O–H groups in total. The van der Waals surface area contributed by atoms with Gasteiger partial charge in [0.1, 0.15) is 0 Å². The summed E-state index contributed by atoms with van der Waals surface area (Å²) in [6, 6.07) is 8.89. The Labute approximate surface area is 118 Å². The Kier molecular flexibility index (Phi) is 5.41. The van der Waals surface area contributed by atoms with E-state index in [-0.39, 0.29) is 0 Å². The highest BCUT2D eigenvalue weighted by molar-refractivity contribution is 5.27. The molecular weight excluding hydrogens is 232 g/mol.